The summed E-state index contributed by atoms with van der Waals surface area (Å²) in [5.41, 5.74) is 0.311. The van der Waals surface area contributed by atoms with Gasteiger partial charge in [0.1, 0.15) is 6.23 Å². The van der Waals surface area contributed by atoms with Crippen molar-refractivity contribution in [3.05, 3.63) is 12.3 Å². The highest BCUT2D eigenvalue weighted by atomic mass is 16.5. The molecule has 1 unspecified atom stereocenters. The molecule has 5 nitrogen and oxygen atoms in total. The topological polar surface area (TPSA) is 82.4 Å². The lowest BCUT2D eigenvalue weighted by molar-refractivity contribution is -0.136. The van der Waals surface area contributed by atoms with Gasteiger partial charge in [0.25, 0.3) is 0 Å². The molecule has 0 saturated carbocycles. The van der Waals surface area contributed by atoms with Crippen LogP contribution in [0.2, 0.25) is 0 Å². The van der Waals surface area contributed by atoms with Crippen molar-refractivity contribution in [3.8, 4) is 0 Å². The fourth-order valence-corrected chi connectivity index (χ4v) is 1.45. The van der Waals surface area contributed by atoms with Crippen molar-refractivity contribution >= 4 is 11.7 Å². The minimum absolute atomic E-state index is 0.00308. The average molecular weight is 226 g/mol. The van der Waals surface area contributed by atoms with Crippen molar-refractivity contribution in [2.75, 3.05) is 6.61 Å². The summed E-state index contributed by atoms with van der Waals surface area (Å²) in [6.45, 7) is 0.780. The van der Waals surface area contributed by atoms with Crippen LogP contribution < -0.4 is 5.32 Å². The molecule has 1 aliphatic rings. The van der Waals surface area contributed by atoms with E-state index >= 15 is 0 Å². The highest BCUT2D eigenvalue weighted by Gasteiger charge is 2.10. The van der Waals surface area contributed by atoms with E-state index in [2.05, 4.69) is 5.32 Å². The van der Waals surface area contributed by atoms with Crippen molar-refractivity contribution in [1.82, 2.24) is 5.32 Å². The van der Waals surface area contributed by atoms with Crippen molar-refractivity contribution in [1.29, 1.82) is 5.41 Å². The monoisotopic (exact) mass is 226 g/mol. The number of ether oxygens (including phenoxy) is 1. The van der Waals surface area contributed by atoms with E-state index in [0.29, 0.717) is 5.71 Å². The number of rotatable bonds is 6. The third-order valence-electron chi connectivity index (χ3n) is 2.35. The van der Waals surface area contributed by atoms with Crippen molar-refractivity contribution in [2.24, 2.45) is 0 Å². The number of carbonyl (C=O) groups is 1. The normalized spacial score (nSPS) is 20.9. The molecule has 1 rings (SSSR count). The molecule has 90 valence electrons. The lowest BCUT2D eigenvalue weighted by atomic mass is 10.2. The van der Waals surface area contributed by atoms with Gasteiger partial charge in [0, 0.05) is 18.5 Å². The number of aliphatic carboxylic acids is 1. The first-order valence-corrected chi connectivity index (χ1v) is 5.52. The first-order chi connectivity index (χ1) is 7.68. The Morgan fingerprint density at radius 3 is 2.94 bits per heavy atom. The molecule has 0 aliphatic carbocycles. The molecule has 1 atom stereocenters. The predicted octanol–water partition coefficient (Wildman–Crippen LogP) is 1.50. The summed E-state index contributed by atoms with van der Waals surface area (Å²) >= 11 is 0. The van der Waals surface area contributed by atoms with Crippen LogP contribution in [0.25, 0.3) is 0 Å². The maximum absolute atomic E-state index is 10.3. The zero-order valence-electron chi connectivity index (χ0n) is 9.24. The van der Waals surface area contributed by atoms with Gasteiger partial charge < -0.3 is 20.6 Å². The Morgan fingerprint density at radius 1 is 1.50 bits per heavy atom. The Morgan fingerprint density at radius 2 is 2.31 bits per heavy atom. The second-order valence-electron chi connectivity index (χ2n) is 3.77. The number of carboxylic acid groups (broad SMARTS) is 1. The van der Waals surface area contributed by atoms with Crippen molar-refractivity contribution < 1.29 is 14.6 Å². The van der Waals surface area contributed by atoms with Gasteiger partial charge in [-0.2, -0.15) is 0 Å². The molecule has 0 amide bonds. The van der Waals surface area contributed by atoms with E-state index in [1.165, 1.54) is 0 Å². The zero-order chi connectivity index (χ0) is 11.8. The number of hydrogen-bond donors (Lipinski definition) is 3. The molecule has 0 aromatic carbocycles. The third kappa shape index (κ3) is 5.50. The van der Waals surface area contributed by atoms with Gasteiger partial charge in [-0.3, -0.25) is 4.79 Å². The van der Waals surface area contributed by atoms with Crippen molar-refractivity contribution in [3.63, 3.8) is 0 Å². The Labute approximate surface area is 95.0 Å². The van der Waals surface area contributed by atoms with Crippen LogP contribution in [0, 0.1) is 5.41 Å². The van der Waals surface area contributed by atoms with Gasteiger partial charge in [-0.05, 0) is 31.8 Å². The van der Waals surface area contributed by atoms with Crippen molar-refractivity contribution in [2.45, 2.75) is 38.3 Å². The molecule has 0 bridgehead atoms. The van der Waals surface area contributed by atoms with Crippen LogP contribution in [0.4, 0.5) is 0 Å². The third-order valence-corrected chi connectivity index (χ3v) is 2.35. The highest BCUT2D eigenvalue weighted by molar-refractivity contribution is 5.93. The molecule has 0 spiro atoms. The average Bonchev–Trinajstić information content (AvgIpc) is 2.28. The molecule has 0 aromatic rings. The lowest BCUT2D eigenvalue weighted by Gasteiger charge is -2.22. The first-order valence-electron chi connectivity index (χ1n) is 5.52. The highest BCUT2D eigenvalue weighted by Crippen LogP contribution is 2.09. The number of allylic oxidation sites excluding steroid dienone is 1. The molecule has 3 N–H and O–H groups in total. The fraction of sp³-hybridized carbons (Fsp3) is 0.636. The van der Waals surface area contributed by atoms with Gasteiger partial charge >= 0.3 is 5.97 Å². The molecule has 1 aliphatic heterocycles. The van der Waals surface area contributed by atoms with Gasteiger partial charge in [0.15, 0.2) is 0 Å². The van der Waals surface area contributed by atoms with E-state index in [0.717, 1.165) is 25.9 Å². The Kier molecular flexibility index (Phi) is 5.56. The number of hydrogen-bond acceptors (Lipinski definition) is 4. The standard InChI is InChI=1S/C11H18N2O3/c12-9(4-5-11(14)15)6-7-13-10-3-1-2-8-16-10/h6-7,10,12-13H,1-5,8H2,(H,14,15)/b7-6-,12-9?. The van der Waals surface area contributed by atoms with Gasteiger partial charge in [-0.25, -0.2) is 0 Å². The fourth-order valence-electron chi connectivity index (χ4n) is 1.45. The summed E-state index contributed by atoms with van der Waals surface area (Å²) in [5.74, 6) is -0.873. The van der Waals surface area contributed by atoms with E-state index in [-0.39, 0.29) is 19.1 Å². The summed E-state index contributed by atoms with van der Waals surface area (Å²) in [6.07, 6.45) is 6.80. The second kappa shape index (κ2) is 7.00. The molecule has 1 saturated heterocycles. The molecule has 16 heavy (non-hydrogen) atoms. The second-order valence-corrected chi connectivity index (χ2v) is 3.77. The summed E-state index contributed by atoms with van der Waals surface area (Å²) in [6, 6.07) is 0. The van der Waals surface area contributed by atoms with Gasteiger partial charge in [-0.1, -0.05) is 0 Å². The SMILES string of the molecule is N=C(/C=C\NC1CCCCO1)CCC(=O)O. The largest absolute Gasteiger partial charge is 0.481 e. The molecule has 1 fully saturated rings. The van der Waals surface area contributed by atoms with Gasteiger partial charge in [-0.15, -0.1) is 0 Å². The summed E-state index contributed by atoms with van der Waals surface area (Å²) in [7, 11) is 0. The molecule has 0 aromatic heterocycles. The number of carboxylic acids is 1. The van der Waals surface area contributed by atoms with Crippen LogP contribution in [-0.4, -0.2) is 29.6 Å². The quantitative estimate of drug-likeness (QED) is 0.599. The Balaban J connectivity index is 2.14. The molecule has 1 heterocycles. The minimum Gasteiger partial charge on any atom is -0.481 e. The van der Waals surface area contributed by atoms with Crippen LogP contribution in [0.5, 0.6) is 0 Å². The van der Waals surface area contributed by atoms with E-state index in [9.17, 15) is 4.79 Å². The zero-order valence-corrected chi connectivity index (χ0v) is 9.24. The van der Waals surface area contributed by atoms with Crippen LogP contribution in [-0.2, 0) is 9.53 Å². The first kappa shape index (κ1) is 12.7. The maximum atomic E-state index is 10.3. The van der Waals surface area contributed by atoms with E-state index in [1.807, 2.05) is 0 Å². The molecular formula is C11H18N2O3. The van der Waals surface area contributed by atoms with Crippen LogP contribution in [0.1, 0.15) is 32.1 Å². The Hall–Kier alpha value is -1.36. The van der Waals surface area contributed by atoms with Gasteiger partial charge in [0.2, 0.25) is 0 Å². The minimum atomic E-state index is -0.873. The summed E-state index contributed by atoms with van der Waals surface area (Å²) in [5, 5.41) is 19.0. The van der Waals surface area contributed by atoms with Gasteiger partial charge in [0.05, 0.1) is 6.42 Å². The number of nitrogens with one attached hydrogen (secondary N) is 2. The predicted molar refractivity (Wildman–Crippen MR) is 60.5 cm³/mol. The molecular weight excluding hydrogens is 208 g/mol. The smallest absolute Gasteiger partial charge is 0.303 e. The molecule has 0 radical (unpaired) electrons. The maximum Gasteiger partial charge on any atom is 0.303 e. The summed E-state index contributed by atoms with van der Waals surface area (Å²) in [4.78, 5) is 10.3. The van der Waals surface area contributed by atoms with E-state index < -0.39 is 5.97 Å². The lowest BCUT2D eigenvalue weighted by Crippen LogP contribution is -2.31. The molecule has 5 heteroatoms. The van der Waals surface area contributed by atoms with Crippen LogP contribution in [0.15, 0.2) is 12.3 Å². The van der Waals surface area contributed by atoms with Crippen LogP contribution >= 0.6 is 0 Å². The summed E-state index contributed by atoms with van der Waals surface area (Å²) < 4.78 is 5.43. The van der Waals surface area contributed by atoms with E-state index in [4.69, 9.17) is 15.3 Å². The van der Waals surface area contributed by atoms with E-state index in [1.54, 1.807) is 12.3 Å². The van der Waals surface area contributed by atoms with Crippen LogP contribution in [0.3, 0.4) is 0 Å². The Bertz CT molecular complexity index is 270.